The lowest BCUT2D eigenvalue weighted by molar-refractivity contribution is 0.0429. The molecule has 8 nitrogen and oxygen atoms in total. The lowest BCUT2D eigenvalue weighted by Gasteiger charge is -2.04. The highest BCUT2D eigenvalue weighted by Crippen LogP contribution is 2.20. The number of pyridine rings is 1. The highest BCUT2D eigenvalue weighted by Gasteiger charge is 2.13. The van der Waals surface area contributed by atoms with E-state index in [0.717, 1.165) is 5.56 Å². The molecule has 0 N–H and O–H groups in total. The van der Waals surface area contributed by atoms with Gasteiger partial charge in [-0.05, 0) is 29.7 Å². The summed E-state index contributed by atoms with van der Waals surface area (Å²) in [7, 11) is 0. The highest BCUT2D eigenvalue weighted by molar-refractivity contribution is 5.89. The van der Waals surface area contributed by atoms with Gasteiger partial charge in [-0.1, -0.05) is 43.3 Å². The number of rotatable bonds is 6. The number of hydrogen-bond acceptors (Lipinski definition) is 7. The zero-order valence-corrected chi connectivity index (χ0v) is 16.0. The second-order valence-corrected chi connectivity index (χ2v) is 6.72. The molecule has 0 aliphatic heterocycles. The van der Waals surface area contributed by atoms with Crippen LogP contribution in [0.5, 0.6) is 0 Å². The molecule has 3 heterocycles. The Morgan fingerprint density at radius 3 is 2.66 bits per heavy atom. The molecule has 0 radical (unpaired) electrons. The summed E-state index contributed by atoms with van der Waals surface area (Å²) >= 11 is 0. The molecule has 0 amide bonds. The first-order chi connectivity index (χ1) is 14.1. The molecule has 0 aliphatic rings. The highest BCUT2D eigenvalue weighted by atomic mass is 16.6. The number of carbonyl (C=O) groups is 1. The fourth-order valence-corrected chi connectivity index (χ4v) is 2.71. The summed E-state index contributed by atoms with van der Waals surface area (Å²) in [4.78, 5) is 20.7. The van der Waals surface area contributed by atoms with Crippen LogP contribution < -0.4 is 0 Å². The van der Waals surface area contributed by atoms with E-state index in [1.54, 1.807) is 35.3 Å². The third-order valence-electron chi connectivity index (χ3n) is 4.35. The Morgan fingerprint density at radius 2 is 2.00 bits per heavy atom. The van der Waals surface area contributed by atoms with Crippen molar-refractivity contribution in [1.82, 2.24) is 24.9 Å². The lowest BCUT2D eigenvalue weighted by Crippen LogP contribution is -2.07. The van der Waals surface area contributed by atoms with Crippen LogP contribution in [-0.2, 0) is 11.3 Å². The summed E-state index contributed by atoms with van der Waals surface area (Å²) in [5.41, 5.74) is 2.40. The van der Waals surface area contributed by atoms with Gasteiger partial charge in [0.05, 0.1) is 5.56 Å². The fourth-order valence-electron chi connectivity index (χ4n) is 2.71. The van der Waals surface area contributed by atoms with Crippen molar-refractivity contribution in [3.63, 3.8) is 0 Å². The standard InChI is InChI=1S/C21H19N5O3/c1-14(2)15-4-6-16(7-5-15)20-24-19(29-25-20)13-28-21(27)17-8-9-18(22-12-17)26-11-3-10-23-26/h3-12,14H,13H2,1-2H3. The summed E-state index contributed by atoms with van der Waals surface area (Å²) in [6, 6.07) is 13.1. The minimum Gasteiger partial charge on any atom is -0.452 e. The zero-order chi connectivity index (χ0) is 20.2. The summed E-state index contributed by atoms with van der Waals surface area (Å²) < 4.78 is 12.0. The SMILES string of the molecule is CC(C)c1ccc(-c2noc(COC(=O)c3ccc(-n4cccn4)nc3)n2)cc1. The molecule has 0 spiro atoms. The molecule has 0 bridgehead atoms. The Labute approximate surface area is 167 Å². The normalized spacial score (nSPS) is 11.0. The summed E-state index contributed by atoms with van der Waals surface area (Å²) in [5.74, 6) is 1.22. The minimum absolute atomic E-state index is 0.114. The molecule has 0 aliphatic carbocycles. The van der Waals surface area contributed by atoms with Crippen LogP contribution in [0.25, 0.3) is 17.2 Å². The average molecular weight is 389 g/mol. The summed E-state index contributed by atoms with van der Waals surface area (Å²) in [6.45, 7) is 4.16. The molecule has 29 heavy (non-hydrogen) atoms. The Morgan fingerprint density at radius 1 is 1.17 bits per heavy atom. The number of ether oxygens (including phenoxy) is 1. The molecular formula is C21H19N5O3. The second kappa shape index (κ2) is 8.05. The quantitative estimate of drug-likeness (QED) is 0.463. The molecule has 0 unspecified atom stereocenters. The van der Waals surface area contributed by atoms with Gasteiger partial charge < -0.3 is 9.26 Å². The first-order valence-corrected chi connectivity index (χ1v) is 9.16. The number of nitrogens with zero attached hydrogens (tertiary/aromatic N) is 5. The second-order valence-electron chi connectivity index (χ2n) is 6.72. The first-order valence-electron chi connectivity index (χ1n) is 9.16. The summed E-state index contributed by atoms with van der Waals surface area (Å²) in [6.07, 6.45) is 4.86. The van der Waals surface area contributed by atoms with Gasteiger partial charge >= 0.3 is 5.97 Å². The minimum atomic E-state index is -0.523. The largest absolute Gasteiger partial charge is 0.452 e. The zero-order valence-electron chi connectivity index (χ0n) is 16.0. The first kappa shape index (κ1) is 18.5. The van der Waals surface area contributed by atoms with E-state index in [0.29, 0.717) is 23.1 Å². The Kier molecular flexibility index (Phi) is 5.15. The van der Waals surface area contributed by atoms with Crippen LogP contribution in [0.15, 0.2) is 65.6 Å². The smallest absolute Gasteiger partial charge is 0.340 e. The predicted octanol–water partition coefficient (Wildman–Crippen LogP) is 3.80. The van der Waals surface area contributed by atoms with Gasteiger partial charge in [-0.3, -0.25) is 0 Å². The number of carbonyl (C=O) groups excluding carboxylic acids is 1. The van der Waals surface area contributed by atoms with Gasteiger partial charge in [-0.15, -0.1) is 0 Å². The lowest BCUT2D eigenvalue weighted by atomic mass is 10.0. The van der Waals surface area contributed by atoms with Gasteiger partial charge in [0.1, 0.15) is 0 Å². The van der Waals surface area contributed by atoms with Crippen molar-refractivity contribution in [2.75, 3.05) is 0 Å². The van der Waals surface area contributed by atoms with Crippen LogP contribution in [-0.4, -0.2) is 30.9 Å². The van der Waals surface area contributed by atoms with E-state index in [1.807, 2.05) is 24.3 Å². The molecule has 4 aromatic rings. The maximum Gasteiger partial charge on any atom is 0.340 e. The van der Waals surface area contributed by atoms with Gasteiger partial charge in [-0.2, -0.15) is 10.1 Å². The molecule has 8 heteroatoms. The van der Waals surface area contributed by atoms with Crippen LogP contribution in [0.1, 0.15) is 41.6 Å². The van der Waals surface area contributed by atoms with Crippen LogP contribution in [0.4, 0.5) is 0 Å². The van der Waals surface area contributed by atoms with E-state index in [4.69, 9.17) is 9.26 Å². The number of hydrogen-bond donors (Lipinski definition) is 0. The third kappa shape index (κ3) is 4.21. The van der Waals surface area contributed by atoms with Crippen LogP contribution in [0.3, 0.4) is 0 Å². The molecule has 0 fully saturated rings. The predicted molar refractivity (Wildman–Crippen MR) is 104 cm³/mol. The van der Waals surface area contributed by atoms with E-state index in [1.165, 1.54) is 11.8 Å². The van der Waals surface area contributed by atoms with E-state index in [9.17, 15) is 4.79 Å². The van der Waals surface area contributed by atoms with Gasteiger partial charge in [0.2, 0.25) is 5.82 Å². The number of benzene rings is 1. The van der Waals surface area contributed by atoms with Crippen molar-refractivity contribution < 1.29 is 14.1 Å². The monoisotopic (exact) mass is 389 g/mol. The van der Waals surface area contributed by atoms with Gasteiger partial charge in [-0.25, -0.2) is 14.5 Å². The van der Waals surface area contributed by atoms with Crippen molar-refractivity contribution in [1.29, 1.82) is 0 Å². The Balaban J connectivity index is 1.37. The van der Waals surface area contributed by atoms with Crippen molar-refractivity contribution >= 4 is 5.97 Å². The average Bonchev–Trinajstić information content (AvgIpc) is 3.44. The van der Waals surface area contributed by atoms with E-state index < -0.39 is 5.97 Å². The van der Waals surface area contributed by atoms with E-state index >= 15 is 0 Å². The van der Waals surface area contributed by atoms with Crippen LogP contribution in [0, 0.1) is 0 Å². The van der Waals surface area contributed by atoms with Crippen molar-refractivity contribution in [3.05, 3.63) is 78.1 Å². The molecular weight excluding hydrogens is 370 g/mol. The fraction of sp³-hybridized carbons (Fsp3) is 0.190. The molecule has 4 rings (SSSR count). The topological polar surface area (TPSA) is 95.9 Å². The molecule has 146 valence electrons. The number of esters is 1. The molecule has 3 aromatic heterocycles. The Bertz CT molecular complexity index is 1080. The number of aromatic nitrogens is 5. The molecule has 0 saturated heterocycles. The molecule has 0 atom stereocenters. The molecule has 1 aromatic carbocycles. The van der Waals surface area contributed by atoms with Crippen molar-refractivity contribution in [3.8, 4) is 17.2 Å². The van der Waals surface area contributed by atoms with Gasteiger partial charge in [0.15, 0.2) is 12.4 Å². The summed E-state index contributed by atoms with van der Waals surface area (Å²) in [5, 5.41) is 8.04. The maximum atomic E-state index is 12.2. The van der Waals surface area contributed by atoms with E-state index in [-0.39, 0.29) is 12.5 Å². The maximum absolute atomic E-state index is 12.2. The van der Waals surface area contributed by atoms with Gasteiger partial charge in [0.25, 0.3) is 5.89 Å². The van der Waals surface area contributed by atoms with Crippen molar-refractivity contribution in [2.24, 2.45) is 0 Å². The third-order valence-corrected chi connectivity index (χ3v) is 4.35. The Hall–Kier alpha value is -3.81. The molecule has 0 saturated carbocycles. The van der Waals surface area contributed by atoms with E-state index in [2.05, 4.69) is 34.1 Å². The van der Waals surface area contributed by atoms with Crippen LogP contribution >= 0.6 is 0 Å². The van der Waals surface area contributed by atoms with Crippen molar-refractivity contribution in [2.45, 2.75) is 26.4 Å². The van der Waals surface area contributed by atoms with Gasteiger partial charge in [0, 0.05) is 24.2 Å². The van der Waals surface area contributed by atoms with Crippen LogP contribution in [0.2, 0.25) is 0 Å².